The van der Waals surface area contributed by atoms with Gasteiger partial charge in [0, 0.05) is 25.2 Å². The Hall–Kier alpha value is -3.94. The van der Waals surface area contributed by atoms with Crippen molar-refractivity contribution in [3.63, 3.8) is 0 Å². The molecule has 0 saturated carbocycles. The molecule has 1 aromatic carbocycles. The van der Waals surface area contributed by atoms with Gasteiger partial charge in [0.15, 0.2) is 0 Å². The van der Waals surface area contributed by atoms with E-state index in [4.69, 9.17) is 5.73 Å². The Labute approximate surface area is 192 Å². The highest BCUT2D eigenvalue weighted by Crippen LogP contribution is 2.35. The van der Waals surface area contributed by atoms with Crippen LogP contribution in [0.1, 0.15) is 53.2 Å². The Morgan fingerprint density at radius 2 is 1.88 bits per heavy atom. The van der Waals surface area contributed by atoms with Gasteiger partial charge in [0.25, 0.3) is 5.91 Å². The molecule has 1 atom stereocenters. The molecule has 1 aliphatic heterocycles. The first kappa shape index (κ1) is 20.9. The van der Waals surface area contributed by atoms with Gasteiger partial charge < -0.3 is 21.3 Å². The lowest BCUT2D eigenvalue weighted by Gasteiger charge is -2.26. The smallest absolute Gasteiger partial charge is 0.252 e. The second kappa shape index (κ2) is 8.90. The average Bonchev–Trinajstić information content (AvgIpc) is 3.23. The first-order chi connectivity index (χ1) is 16.1. The average molecular weight is 443 g/mol. The largest absolute Gasteiger partial charge is 0.377 e. The number of aromatic nitrogens is 2. The number of benzene rings is 1. The summed E-state index contributed by atoms with van der Waals surface area (Å²) in [7, 11) is 0. The van der Waals surface area contributed by atoms with Crippen LogP contribution in [-0.2, 0) is 11.2 Å². The van der Waals surface area contributed by atoms with Crippen molar-refractivity contribution in [2.45, 2.75) is 38.1 Å². The number of aryl methyl sites for hydroxylation is 1. The number of nitrogens with one attached hydrogen (secondary N) is 2. The van der Waals surface area contributed by atoms with Gasteiger partial charge in [-0.1, -0.05) is 24.3 Å². The number of carbonyl (C=O) groups excluding carboxylic acids is 2. The van der Waals surface area contributed by atoms with Crippen LogP contribution in [0.5, 0.6) is 0 Å². The van der Waals surface area contributed by atoms with E-state index in [1.807, 2.05) is 24.3 Å². The number of amides is 2. The van der Waals surface area contributed by atoms with Gasteiger partial charge in [0.1, 0.15) is 11.6 Å². The molecule has 0 radical (unpaired) electrons. The predicted octanol–water partition coefficient (Wildman–Crippen LogP) is 3.94. The van der Waals surface area contributed by atoms with Gasteiger partial charge in [0.05, 0.1) is 29.2 Å². The maximum absolute atomic E-state index is 12.1. The van der Waals surface area contributed by atoms with Crippen molar-refractivity contribution in [1.29, 1.82) is 0 Å². The molecule has 8 heteroatoms. The van der Waals surface area contributed by atoms with Gasteiger partial charge in [-0.15, -0.1) is 0 Å². The number of carbonyl (C=O) groups is 2. The molecule has 2 aliphatic rings. The minimum Gasteiger partial charge on any atom is -0.377 e. The number of fused-ring (bicyclic) bond motifs is 1. The molecule has 4 N–H and O–H groups in total. The molecular formula is C25H26N6O2. The lowest BCUT2D eigenvalue weighted by Crippen LogP contribution is -2.35. The molecule has 8 nitrogen and oxygen atoms in total. The fourth-order valence-corrected chi connectivity index (χ4v) is 4.56. The highest BCUT2D eigenvalue weighted by atomic mass is 16.2. The fourth-order valence-electron chi connectivity index (χ4n) is 4.56. The van der Waals surface area contributed by atoms with Crippen molar-refractivity contribution >= 4 is 34.8 Å². The molecule has 2 amide bonds. The van der Waals surface area contributed by atoms with Crippen molar-refractivity contribution in [2.24, 2.45) is 5.73 Å². The third kappa shape index (κ3) is 4.37. The predicted molar refractivity (Wildman–Crippen MR) is 128 cm³/mol. The van der Waals surface area contributed by atoms with E-state index in [0.29, 0.717) is 29.3 Å². The molecule has 3 aromatic rings. The van der Waals surface area contributed by atoms with Crippen molar-refractivity contribution in [1.82, 2.24) is 9.97 Å². The molecule has 168 valence electrons. The monoisotopic (exact) mass is 442 g/mol. The molecule has 1 saturated heterocycles. The van der Waals surface area contributed by atoms with Crippen molar-refractivity contribution in [3.05, 3.63) is 71.5 Å². The molecule has 0 spiro atoms. The van der Waals surface area contributed by atoms with Gasteiger partial charge in [-0.2, -0.15) is 0 Å². The Morgan fingerprint density at radius 3 is 2.67 bits per heavy atom. The lowest BCUT2D eigenvalue weighted by atomic mass is 10.1. The summed E-state index contributed by atoms with van der Waals surface area (Å²) in [6.45, 7) is 0.725. The van der Waals surface area contributed by atoms with Crippen molar-refractivity contribution in [3.8, 4) is 0 Å². The summed E-state index contributed by atoms with van der Waals surface area (Å²) in [5.74, 6) is 0.746. The zero-order valence-electron chi connectivity index (χ0n) is 18.3. The third-order valence-electron chi connectivity index (χ3n) is 6.27. The maximum atomic E-state index is 12.1. The lowest BCUT2D eigenvalue weighted by molar-refractivity contribution is -0.119. The van der Waals surface area contributed by atoms with Crippen LogP contribution in [-0.4, -0.2) is 28.3 Å². The number of primary amides is 1. The van der Waals surface area contributed by atoms with Gasteiger partial charge in [0.2, 0.25) is 5.91 Å². The van der Waals surface area contributed by atoms with E-state index in [2.05, 4.69) is 32.7 Å². The van der Waals surface area contributed by atoms with Crippen LogP contribution in [0.2, 0.25) is 0 Å². The highest BCUT2D eigenvalue weighted by molar-refractivity contribution is 5.98. The van der Waals surface area contributed by atoms with E-state index in [1.54, 1.807) is 17.2 Å². The van der Waals surface area contributed by atoms with Crippen LogP contribution in [0.15, 0.2) is 54.9 Å². The topological polar surface area (TPSA) is 113 Å². The van der Waals surface area contributed by atoms with Crippen LogP contribution in [0.4, 0.5) is 23.0 Å². The number of pyridine rings is 2. The number of nitrogens with two attached hydrogens (primary N) is 1. The first-order valence-corrected chi connectivity index (χ1v) is 11.3. The van der Waals surface area contributed by atoms with Crippen LogP contribution >= 0.6 is 0 Å². The van der Waals surface area contributed by atoms with Crippen LogP contribution in [0, 0.1) is 0 Å². The van der Waals surface area contributed by atoms with E-state index < -0.39 is 5.91 Å². The molecule has 2 aromatic heterocycles. The SMILES string of the molecule is NC(=O)c1cnc(Nc2ccc(N3CCCCC3=O)cn2)cc1NC1CCc2ccccc21. The number of piperidine rings is 1. The Kier molecular flexibility index (Phi) is 5.64. The van der Waals surface area contributed by atoms with Crippen LogP contribution < -0.4 is 21.3 Å². The molecule has 1 fully saturated rings. The summed E-state index contributed by atoms with van der Waals surface area (Å²) in [6.07, 6.45) is 7.64. The second-order valence-electron chi connectivity index (χ2n) is 8.44. The van der Waals surface area contributed by atoms with Crippen LogP contribution in [0.25, 0.3) is 0 Å². The number of rotatable bonds is 6. The molecule has 1 unspecified atom stereocenters. The zero-order chi connectivity index (χ0) is 22.8. The summed E-state index contributed by atoms with van der Waals surface area (Å²) < 4.78 is 0. The normalized spacial score (nSPS) is 17.5. The van der Waals surface area contributed by atoms with E-state index in [9.17, 15) is 9.59 Å². The minimum absolute atomic E-state index is 0.106. The third-order valence-corrected chi connectivity index (χ3v) is 6.27. The van der Waals surface area contributed by atoms with E-state index in [-0.39, 0.29) is 11.9 Å². The van der Waals surface area contributed by atoms with E-state index in [1.165, 1.54) is 17.3 Å². The minimum atomic E-state index is -0.531. The van der Waals surface area contributed by atoms with Crippen molar-refractivity contribution < 1.29 is 9.59 Å². The second-order valence-corrected chi connectivity index (χ2v) is 8.44. The Balaban J connectivity index is 1.35. The Morgan fingerprint density at radius 1 is 1.03 bits per heavy atom. The molecule has 33 heavy (non-hydrogen) atoms. The Bertz CT molecular complexity index is 1190. The van der Waals surface area contributed by atoms with E-state index in [0.717, 1.165) is 37.9 Å². The summed E-state index contributed by atoms with van der Waals surface area (Å²) in [6, 6.07) is 13.9. The molecule has 3 heterocycles. The zero-order valence-corrected chi connectivity index (χ0v) is 18.3. The maximum Gasteiger partial charge on any atom is 0.252 e. The molecule has 5 rings (SSSR count). The van der Waals surface area contributed by atoms with Crippen molar-refractivity contribution in [2.75, 3.05) is 22.1 Å². The standard InChI is InChI=1S/C25H26N6O2/c26-25(33)19-15-28-23(13-21(19)29-20-10-8-16-5-1-2-6-18(16)20)30-22-11-9-17(14-27-22)31-12-4-3-7-24(31)32/h1-2,5-6,9,11,13-15,20H,3-4,7-8,10,12H2,(H2,26,33)(H2,27,28,29,30). The summed E-state index contributed by atoms with van der Waals surface area (Å²) in [5.41, 5.74) is 9.94. The summed E-state index contributed by atoms with van der Waals surface area (Å²) in [4.78, 5) is 34.7. The fraction of sp³-hybridized carbons (Fsp3) is 0.280. The van der Waals surface area contributed by atoms with Gasteiger partial charge in [-0.05, 0) is 48.9 Å². The number of hydrogen-bond acceptors (Lipinski definition) is 6. The van der Waals surface area contributed by atoms with Gasteiger partial charge in [-0.3, -0.25) is 9.59 Å². The summed E-state index contributed by atoms with van der Waals surface area (Å²) in [5, 5.41) is 6.66. The quantitative estimate of drug-likeness (QED) is 0.533. The number of nitrogens with zero attached hydrogens (tertiary/aromatic N) is 3. The molecular weight excluding hydrogens is 416 g/mol. The molecule has 0 bridgehead atoms. The van der Waals surface area contributed by atoms with Crippen LogP contribution in [0.3, 0.4) is 0 Å². The molecule has 1 aliphatic carbocycles. The van der Waals surface area contributed by atoms with E-state index >= 15 is 0 Å². The highest BCUT2D eigenvalue weighted by Gasteiger charge is 2.24. The van der Waals surface area contributed by atoms with Gasteiger partial charge in [-0.25, -0.2) is 9.97 Å². The first-order valence-electron chi connectivity index (χ1n) is 11.3. The number of anilines is 4. The van der Waals surface area contributed by atoms with Gasteiger partial charge >= 0.3 is 0 Å². The summed E-state index contributed by atoms with van der Waals surface area (Å²) >= 11 is 0. The number of hydrogen-bond donors (Lipinski definition) is 3.